The fourth-order valence-corrected chi connectivity index (χ4v) is 4.22. The SMILES string of the molecule is Cc1cc(C)n2nc(C(=O)N[C@@H]3COC[C@H]3Cc3ccnc4ccccc34)cc2n1. The van der Waals surface area contributed by atoms with Gasteiger partial charge >= 0.3 is 0 Å². The summed E-state index contributed by atoms with van der Waals surface area (Å²) in [6.45, 7) is 5.01. The molecule has 0 bridgehead atoms. The number of carbonyl (C=O) groups is 1. The van der Waals surface area contributed by atoms with E-state index in [0.29, 0.717) is 24.6 Å². The van der Waals surface area contributed by atoms with Crippen molar-refractivity contribution in [1.29, 1.82) is 0 Å². The topological polar surface area (TPSA) is 81.4 Å². The molecule has 30 heavy (non-hydrogen) atoms. The molecule has 7 nitrogen and oxygen atoms in total. The lowest BCUT2D eigenvalue weighted by molar-refractivity contribution is 0.0919. The molecule has 3 aromatic heterocycles. The molecule has 1 N–H and O–H groups in total. The second kappa shape index (κ2) is 7.50. The zero-order chi connectivity index (χ0) is 20.7. The number of para-hydroxylation sites is 1. The summed E-state index contributed by atoms with van der Waals surface area (Å²) in [5.41, 5.74) is 5.11. The third-order valence-electron chi connectivity index (χ3n) is 5.70. The molecule has 1 fully saturated rings. The molecule has 2 atom stereocenters. The van der Waals surface area contributed by atoms with Crippen LogP contribution >= 0.6 is 0 Å². The summed E-state index contributed by atoms with van der Waals surface area (Å²) in [6.07, 6.45) is 2.66. The van der Waals surface area contributed by atoms with Gasteiger partial charge in [-0.3, -0.25) is 9.78 Å². The molecule has 152 valence electrons. The number of rotatable bonds is 4. The maximum absolute atomic E-state index is 12.9. The number of aromatic nitrogens is 4. The first kappa shape index (κ1) is 18.7. The minimum Gasteiger partial charge on any atom is -0.379 e. The number of aryl methyl sites for hydroxylation is 2. The van der Waals surface area contributed by atoms with Crippen molar-refractivity contribution in [2.45, 2.75) is 26.3 Å². The summed E-state index contributed by atoms with van der Waals surface area (Å²) < 4.78 is 7.42. The average Bonchev–Trinajstić information content (AvgIpc) is 3.35. The number of carbonyl (C=O) groups excluding carboxylic acids is 1. The molecule has 0 radical (unpaired) electrons. The van der Waals surface area contributed by atoms with E-state index >= 15 is 0 Å². The highest BCUT2D eigenvalue weighted by molar-refractivity contribution is 5.93. The molecular weight excluding hydrogens is 378 g/mol. The van der Waals surface area contributed by atoms with Crippen LogP contribution in [0.4, 0.5) is 0 Å². The minimum atomic E-state index is -0.197. The fraction of sp³-hybridized carbons (Fsp3) is 0.304. The summed E-state index contributed by atoms with van der Waals surface area (Å²) in [4.78, 5) is 21.8. The number of pyridine rings is 1. The summed E-state index contributed by atoms with van der Waals surface area (Å²) >= 11 is 0. The van der Waals surface area contributed by atoms with E-state index in [-0.39, 0.29) is 17.9 Å². The van der Waals surface area contributed by atoms with E-state index in [0.717, 1.165) is 28.7 Å². The van der Waals surface area contributed by atoms with E-state index < -0.39 is 0 Å². The van der Waals surface area contributed by atoms with Gasteiger partial charge in [-0.05, 0) is 44.0 Å². The average molecular weight is 401 g/mol. The van der Waals surface area contributed by atoms with E-state index in [9.17, 15) is 4.79 Å². The van der Waals surface area contributed by atoms with Crippen LogP contribution in [0.3, 0.4) is 0 Å². The van der Waals surface area contributed by atoms with Crippen LogP contribution < -0.4 is 5.32 Å². The summed E-state index contributed by atoms with van der Waals surface area (Å²) in [5, 5.41) is 8.71. The van der Waals surface area contributed by atoms with Crippen molar-refractivity contribution in [2.24, 2.45) is 5.92 Å². The van der Waals surface area contributed by atoms with Crippen molar-refractivity contribution >= 4 is 22.5 Å². The highest BCUT2D eigenvalue weighted by Gasteiger charge is 2.31. The Morgan fingerprint density at radius 3 is 2.97 bits per heavy atom. The number of hydrogen-bond donors (Lipinski definition) is 1. The van der Waals surface area contributed by atoms with Crippen LogP contribution in [0.1, 0.15) is 27.4 Å². The van der Waals surface area contributed by atoms with E-state index in [1.165, 1.54) is 5.56 Å². The zero-order valence-electron chi connectivity index (χ0n) is 17.0. The fourth-order valence-electron chi connectivity index (χ4n) is 4.22. The first-order valence-corrected chi connectivity index (χ1v) is 10.1. The van der Waals surface area contributed by atoms with Gasteiger partial charge in [-0.1, -0.05) is 18.2 Å². The quantitative estimate of drug-likeness (QED) is 0.569. The van der Waals surface area contributed by atoms with E-state index in [2.05, 4.69) is 32.5 Å². The number of amides is 1. The van der Waals surface area contributed by atoms with Crippen molar-refractivity contribution in [3.8, 4) is 0 Å². The predicted molar refractivity (Wildman–Crippen MR) is 113 cm³/mol. The van der Waals surface area contributed by atoms with Crippen molar-refractivity contribution < 1.29 is 9.53 Å². The van der Waals surface area contributed by atoms with Gasteiger partial charge in [-0.2, -0.15) is 5.10 Å². The largest absolute Gasteiger partial charge is 0.379 e. The van der Waals surface area contributed by atoms with E-state index in [1.807, 2.05) is 44.3 Å². The molecule has 1 aliphatic heterocycles. The maximum atomic E-state index is 12.9. The van der Waals surface area contributed by atoms with E-state index in [1.54, 1.807) is 10.6 Å². The number of nitrogens with one attached hydrogen (secondary N) is 1. The first-order chi connectivity index (χ1) is 14.6. The molecule has 5 rings (SSSR count). The third-order valence-corrected chi connectivity index (χ3v) is 5.70. The van der Waals surface area contributed by atoms with Crippen LogP contribution in [0.5, 0.6) is 0 Å². The predicted octanol–water partition coefficient (Wildman–Crippen LogP) is 2.88. The highest BCUT2D eigenvalue weighted by Crippen LogP contribution is 2.24. The Morgan fingerprint density at radius 1 is 1.20 bits per heavy atom. The van der Waals surface area contributed by atoms with Gasteiger partial charge in [-0.25, -0.2) is 9.50 Å². The van der Waals surface area contributed by atoms with Crippen LogP contribution in [0.15, 0.2) is 48.7 Å². The third kappa shape index (κ3) is 3.41. The van der Waals surface area contributed by atoms with Gasteiger partial charge in [-0.15, -0.1) is 0 Å². The number of hydrogen-bond acceptors (Lipinski definition) is 5. The molecule has 1 aliphatic rings. The lowest BCUT2D eigenvalue weighted by Gasteiger charge is -2.19. The molecular formula is C23H23N5O2. The Hall–Kier alpha value is -3.32. The molecule has 0 spiro atoms. The molecule has 4 aromatic rings. The van der Waals surface area contributed by atoms with Crippen molar-refractivity contribution in [3.05, 3.63) is 71.3 Å². The maximum Gasteiger partial charge on any atom is 0.272 e. The number of fused-ring (bicyclic) bond motifs is 2. The van der Waals surface area contributed by atoms with Gasteiger partial charge in [0.05, 0.1) is 24.8 Å². The van der Waals surface area contributed by atoms with Crippen LogP contribution in [0.2, 0.25) is 0 Å². The molecule has 0 saturated carbocycles. The van der Waals surface area contributed by atoms with Gasteiger partial charge < -0.3 is 10.1 Å². The molecule has 1 saturated heterocycles. The Labute approximate surface area is 174 Å². The number of nitrogens with zero attached hydrogens (tertiary/aromatic N) is 4. The highest BCUT2D eigenvalue weighted by atomic mass is 16.5. The molecule has 1 amide bonds. The lowest BCUT2D eigenvalue weighted by Crippen LogP contribution is -2.40. The van der Waals surface area contributed by atoms with Crippen LogP contribution in [-0.2, 0) is 11.2 Å². The molecule has 7 heteroatoms. The monoisotopic (exact) mass is 401 g/mol. The van der Waals surface area contributed by atoms with Gasteiger partial charge in [0.15, 0.2) is 11.3 Å². The second-order valence-electron chi connectivity index (χ2n) is 7.91. The number of ether oxygens (including phenoxy) is 1. The standard InChI is InChI=1S/C23H23N5O2/c1-14-9-15(2)28-22(25-14)11-20(27-28)23(29)26-21-13-30-12-17(21)10-16-7-8-24-19-6-4-3-5-18(16)19/h3-9,11,17,21H,10,12-13H2,1-2H3,(H,26,29)/t17-,21-/m1/s1. The second-order valence-corrected chi connectivity index (χ2v) is 7.91. The normalized spacial score (nSPS) is 18.9. The van der Waals surface area contributed by atoms with Crippen LogP contribution in [0.25, 0.3) is 16.6 Å². The number of benzene rings is 1. The molecule has 0 aliphatic carbocycles. The zero-order valence-corrected chi connectivity index (χ0v) is 17.0. The molecule has 4 heterocycles. The summed E-state index contributed by atoms with van der Waals surface area (Å²) in [6, 6.07) is 13.8. The van der Waals surface area contributed by atoms with Gasteiger partial charge in [0.1, 0.15) is 0 Å². The van der Waals surface area contributed by atoms with Crippen LogP contribution in [0, 0.1) is 19.8 Å². The Morgan fingerprint density at radius 2 is 2.07 bits per heavy atom. The lowest BCUT2D eigenvalue weighted by atomic mass is 9.93. The Bertz CT molecular complexity index is 1240. The summed E-state index contributed by atoms with van der Waals surface area (Å²) in [7, 11) is 0. The molecule has 1 aromatic carbocycles. The van der Waals surface area contributed by atoms with Gasteiger partial charge in [0, 0.05) is 35.0 Å². The van der Waals surface area contributed by atoms with Crippen LogP contribution in [-0.4, -0.2) is 44.7 Å². The Kier molecular flexibility index (Phi) is 4.67. The smallest absolute Gasteiger partial charge is 0.272 e. The first-order valence-electron chi connectivity index (χ1n) is 10.1. The van der Waals surface area contributed by atoms with E-state index in [4.69, 9.17) is 4.74 Å². The Balaban J connectivity index is 1.35. The van der Waals surface area contributed by atoms with Crippen molar-refractivity contribution in [3.63, 3.8) is 0 Å². The van der Waals surface area contributed by atoms with Crippen molar-refractivity contribution in [1.82, 2.24) is 24.9 Å². The summed E-state index contributed by atoms with van der Waals surface area (Å²) in [5.74, 6) is -0.00321. The minimum absolute atomic E-state index is 0.0648. The van der Waals surface area contributed by atoms with Crippen molar-refractivity contribution in [2.75, 3.05) is 13.2 Å². The van der Waals surface area contributed by atoms with Gasteiger partial charge in [0.2, 0.25) is 0 Å². The van der Waals surface area contributed by atoms with Gasteiger partial charge in [0.25, 0.3) is 5.91 Å². The molecule has 0 unspecified atom stereocenters.